The molecule has 1 aliphatic heterocycles. The predicted octanol–water partition coefficient (Wildman–Crippen LogP) is 1.03. The number of aromatic nitrogens is 2. The van der Waals surface area contributed by atoms with Gasteiger partial charge in [-0.3, -0.25) is 9.48 Å². The molecule has 0 radical (unpaired) electrons. The van der Waals surface area contributed by atoms with Crippen LogP contribution < -0.4 is 11.1 Å². The minimum Gasteiger partial charge on any atom is -0.395 e. The van der Waals surface area contributed by atoms with Gasteiger partial charge in [-0.05, 0) is 38.3 Å². The molecule has 1 fully saturated rings. The van der Waals surface area contributed by atoms with Crippen LogP contribution in [0.4, 0.5) is 5.69 Å². The monoisotopic (exact) mass is 293 g/mol. The number of hydrogen-bond acceptors (Lipinski definition) is 4. The summed E-state index contributed by atoms with van der Waals surface area (Å²) in [5, 5.41) is 7.23. The fourth-order valence-corrected chi connectivity index (χ4v) is 2.82. The molecule has 1 aliphatic rings. The van der Waals surface area contributed by atoms with Crippen molar-refractivity contribution < 1.29 is 4.79 Å². The van der Waals surface area contributed by atoms with Gasteiger partial charge in [0, 0.05) is 20.1 Å². The van der Waals surface area contributed by atoms with Gasteiger partial charge in [0.2, 0.25) is 0 Å². The highest BCUT2D eigenvalue weighted by atomic mass is 16.2. The van der Waals surface area contributed by atoms with Crippen molar-refractivity contribution >= 4 is 11.6 Å². The maximum absolute atomic E-state index is 12.2. The first-order chi connectivity index (χ1) is 10.0. The molecule has 0 aliphatic carbocycles. The minimum atomic E-state index is -0.132. The molecule has 118 valence electrons. The van der Waals surface area contributed by atoms with E-state index in [4.69, 9.17) is 5.73 Å². The van der Waals surface area contributed by atoms with Crippen LogP contribution in [-0.4, -0.2) is 46.8 Å². The number of aryl methyl sites for hydroxylation is 2. The smallest absolute Gasteiger partial charge is 0.271 e. The molecule has 1 aromatic heterocycles. The van der Waals surface area contributed by atoms with Gasteiger partial charge in [0.15, 0.2) is 0 Å². The first-order valence-electron chi connectivity index (χ1n) is 7.84. The van der Waals surface area contributed by atoms with Crippen LogP contribution in [-0.2, 0) is 13.5 Å². The lowest BCUT2D eigenvalue weighted by Gasteiger charge is -2.30. The van der Waals surface area contributed by atoms with Gasteiger partial charge in [0.05, 0.1) is 11.4 Å². The van der Waals surface area contributed by atoms with E-state index < -0.39 is 0 Å². The summed E-state index contributed by atoms with van der Waals surface area (Å²) in [7, 11) is 1.76. The molecule has 1 aromatic rings. The van der Waals surface area contributed by atoms with Crippen LogP contribution in [0.2, 0.25) is 0 Å². The molecule has 0 bridgehead atoms. The van der Waals surface area contributed by atoms with Gasteiger partial charge >= 0.3 is 0 Å². The van der Waals surface area contributed by atoms with Gasteiger partial charge in [0.1, 0.15) is 5.69 Å². The fourth-order valence-electron chi connectivity index (χ4n) is 2.82. The highest BCUT2D eigenvalue weighted by Gasteiger charge is 2.19. The Kier molecular flexibility index (Phi) is 5.22. The summed E-state index contributed by atoms with van der Waals surface area (Å²) in [5.41, 5.74) is 7.75. The topological polar surface area (TPSA) is 76.2 Å². The van der Waals surface area contributed by atoms with Gasteiger partial charge in [-0.15, -0.1) is 0 Å². The first kappa shape index (κ1) is 15.8. The summed E-state index contributed by atoms with van der Waals surface area (Å²) >= 11 is 0. The third-order valence-electron chi connectivity index (χ3n) is 4.30. The fraction of sp³-hybridized carbons (Fsp3) is 0.733. The van der Waals surface area contributed by atoms with E-state index in [2.05, 4.69) is 22.2 Å². The molecule has 0 aromatic carbocycles. The normalized spacial score (nSPS) is 17.1. The van der Waals surface area contributed by atoms with E-state index >= 15 is 0 Å². The molecule has 3 N–H and O–H groups in total. The molecule has 0 atom stereocenters. The number of anilines is 1. The molecule has 0 saturated carbocycles. The minimum absolute atomic E-state index is 0.132. The number of nitrogens with zero attached hydrogens (tertiary/aromatic N) is 3. The lowest BCUT2D eigenvalue weighted by atomic mass is 9.99. The third kappa shape index (κ3) is 3.75. The molecular formula is C15H27N5O. The van der Waals surface area contributed by atoms with Crippen molar-refractivity contribution in [2.45, 2.75) is 33.1 Å². The van der Waals surface area contributed by atoms with E-state index in [9.17, 15) is 4.79 Å². The van der Waals surface area contributed by atoms with Crippen LogP contribution in [0.15, 0.2) is 0 Å². The molecule has 21 heavy (non-hydrogen) atoms. The molecule has 2 heterocycles. The van der Waals surface area contributed by atoms with Crippen LogP contribution in [0.5, 0.6) is 0 Å². The first-order valence-corrected chi connectivity index (χ1v) is 7.84. The number of nitrogens with two attached hydrogens (primary N) is 1. The predicted molar refractivity (Wildman–Crippen MR) is 84.2 cm³/mol. The van der Waals surface area contributed by atoms with Crippen molar-refractivity contribution in [2.75, 3.05) is 31.9 Å². The van der Waals surface area contributed by atoms with Crippen LogP contribution in [0.3, 0.4) is 0 Å². The van der Waals surface area contributed by atoms with E-state index in [0.29, 0.717) is 17.9 Å². The quantitative estimate of drug-likeness (QED) is 0.850. The Labute approximate surface area is 126 Å². The SMILES string of the molecule is CCc1nn(C)c(C(=O)NCCN2CCC(C)CC2)c1N. The number of amides is 1. The third-order valence-corrected chi connectivity index (χ3v) is 4.30. The molecule has 1 saturated heterocycles. The summed E-state index contributed by atoms with van der Waals surface area (Å²) in [6.45, 7) is 8.10. The van der Waals surface area contributed by atoms with Crippen molar-refractivity contribution in [2.24, 2.45) is 13.0 Å². The summed E-state index contributed by atoms with van der Waals surface area (Å²) in [4.78, 5) is 14.6. The average Bonchev–Trinajstić information content (AvgIpc) is 2.75. The van der Waals surface area contributed by atoms with E-state index in [1.165, 1.54) is 12.8 Å². The van der Waals surface area contributed by atoms with E-state index in [0.717, 1.165) is 37.7 Å². The zero-order valence-electron chi connectivity index (χ0n) is 13.4. The Morgan fingerprint density at radius 1 is 1.43 bits per heavy atom. The van der Waals surface area contributed by atoms with Gasteiger partial charge in [-0.2, -0.15) is 5.10 Å². The summed E-state index contributed by atoms with van der Waals surface area (Å²) < 4.78 is 1.58. The second-order valence-electron chi connectivity index (χ2n) is 5.97. The number of piperidine rings is 1. The number of likely N-dealkylation sites (tertiary alicyclic amines) is 1. The van der Waals surface area contributed by atoms with Crippen LogP contribution >= 0.6 is 0 Å². The second-order valence-corrected chi connectivity index (χ2v) is 5.97. The maximum Gasteiger partial charge on any atom is 0.271 e. The molecule has 0 spiro atoms. The van der Waals surface area contributed by atoms with Crippen LogP contribution in [0.1, 0.15) is 42.9 Å². The number of carbonyl (C=O) groups is 1. The van der Waals surface area contributed by atoms with E-state index in [1.807, 2.05) is 6.92 Å². The Hall–Kier alpha value is -1.56. The summed E-state index contributed by atoms with van der Waals surface area (Å²) in [5.74, 6) is 0.699. The lowest BCUT2D eigenvalue weighted by molar-refractivity contribution is 0.0936. The maximum atomic E-state index is 12.2. The zero-order chi connectivity index (χ0) is 15.4. The van der Waals surface area contributed by atoms with Gasteiger partial charge in [-0.25, -0.2) is 0 Å². The second kappa shape index (κ2) is 6.93. The standard InChI is InChI=1S/C15H27N5O/c1-4-12-13(16)14(19(3)18-12)15(21)17-7-10-20-8-5-11(2)6-9-20/h11H,4-10,16H2,1-3H3,(H,17,21). The molecular weight excluding hydrogens is 266 g/mol. The van der Waals surface area contributed by atoms with Crippen molar-refractivity contribution in [3.05, 3.63) is 11.4 Å². The van der Waals surface area contributed by atoms with Gasteiger partial charge < -0.3 is 16.0 Å². The zero-order valence-corrected chi connectivity index (χ0v) is 13.4. The van der Waals surface area contributed by atoms with Crippen LogP contribution in [0, 0.1) is 5.92 Å². The largest absolute Gasteiger partial charge is 0.395 e. The lowest BCUT2D eigenvalue weighted by Crippen LogP contribution is -2.39. The Morgan fingerprint density at radius 3 is 2.67 bits per heavy atom. The van der Waals surface area contributed by atoms with Gasteiger partial charge in [0.25, 0.3) is 5.91 Å². The van der Waals surface area contributed by atoms with Crippen molar-refractivity contribution in [3.63, 3.8) is 0 Å². The Balaban J connectivity index is 1.83. The van der Waals surface area contributed by atoms with Crippen molar-refractivity contribution in [1.29, 1.82) is 0 Å². The Bertz CT molecular complexity index is 488. The molecule has 2 rings (SSSR count). The van der Waals surface area contributed by atoms with E-state index in [1.54, 1.807) is 11.7 Å². The van der Waals surface area contributed by atoms with Crippen LogP contribution in [0.25, 0.3) is 0 Å². The number of nitrogen functional groups attached to an aromatic ring is 1. The highest BCUT2D eigenvalue weighted by molar-refractivity contribution is 5.97. The number of rotatable bonds is 5. The van der Waals surface area contributed by atoms with Crippen molar-refractivity contribution in [1.82, 2.24) is 20.0 Å². The number of hydrogen-bond donors (Lipinski definition) is 2. The van der Waals surface area contributed by atoms with E-state index in [-0.39, 0.29) is 5.91 Å². The number of nitrogens with one attached hydrogen (secondary N) is 1. The molecule has 6 nitrogen and oxygen atoms in total. The summed E-state index contributed by atoms with van der Waals surface area (Å²) in [6.07, 6.45) is 3.24. The average molecular weight is 293 g/mol. The molecule has 0 unspecified atom stereocenters. The summed E-state index contributed by atoms with van der Waals surface area (Å²) in [6, 6.07) is 0. The van der Waals surface area contributed by atoms with Gasteiger partial charge in [-0.1, -0.05) is 13.8 Å². The Morgan fingerprint density at radius 2 is 2.10 bits per heavy atom. The van der Waals surface area contributed by atoms with Crippen molar-refractivity contribution in [3.8, 4) is 0 Å². The molecule has 6 heteroatoms. The molecule has 1 amide bonds. The number of carbonyl (C=O) groups excluding carboxylic acids is 1. The highest BCUT2D eigenvalue weighted by Crippen LogP contribution is 2.17.